The van der Waals surface area contributed by atoms with E-state index in [-0.39, 0.29) is 24.4 Å². The fourth-order valence-electron chi connectivity index (χ4n) is 2.74. The average Bonchev–Trinajstić information content (AvgIpc) is 3.01. The lowest BCUT2D eigenvalue weighted by molar-refractivity contribution is -0.132. The van der Waals surface area contributed by atoms with Crippen LogP contribution in [-0.4, -0.2) is 46.6 Å². The molecule has 1 aliphatic rings. The Kier molecular flexibility index (Phi) is 5.11. The number of hydrogen-bond acceptors (Lipinski definition) is 5. The molecule has 0 bridgehead atoms. The maximum absolute atomic E-state index is 13.5. The van der Waals surface area contributed by atoms with Gasteiger partial charge in [0.05, 0.1) is 6.54 Å². The summed E-state index contributed by atoms with van der Waals surface area (Å²) in [5, 5.41) is 0. The van der Waals surface area contributed by atoms with Crippen molar-refractivity contribution in [1.82, 2.24) is 14.9 Å². The van der Waals surface area contributed by atoms with E-state index in [0.29, 0.717) is 25.5 Å². The molecule has 2 heterocycles. The van der Waals surface area contributed by atoms with Crippen molar-refractivity contribution in [1.29, 1.82) is 0 Å². The Bertz CT molecular complexity index is 749. The largest absolute Gasteiger partial charge is 0.481 e. The molecule has 1 atom stereocenters. The van der Waals surface area contributed by atoms with Crippen molar-refractivity contribution in [2.45, 2.75) is 26.4 Å². The molecule has 6 nitrogen and oxygen atoms in total. The Morgan fingerprint density at radius 3 is 2.72 bits per heavy atom. The first-order valence-corrected chi connectivity index (χ1v) is 8.15. The predicted octanol–water partition coefficient (Wildman–Crippen LogP) is 2.29. The minimum Gasteiger partial charge on any atom is -0.481 e. The molecule has 25 heavy (non-hydrogen) atoms. The molecule has 0 saturated carbocycles. The molecule has 132 valence electrons. The van der Waals surface area contributed by atoms with E-state index < -0.39 is 5.82 Å². The monoisotopic (exact) mass is 345 g/mol. The van der Waals surface area contributed by atoms with Gasteiger partial charge in [-0.15, -0.1) is 0 Å². The molecule has 0 unspecified atom stereocenters. The van der Waals surface area contributed by atoms with Crippen LogP contribution >= 0.6 is 0 Å². The summed E-state index contributed by atoms with van der Waals surface area (Å²) in [6.45, 7) is 4.57. The minimum atomic E-state index is -0.482. The summed E-state index contributed by atoms with van der Waals surface area (Å²) in [5.74, 6) is -0.605. The second-order valence-corrected chi connectivity index (χ2v) is 6.02. The molecule has 0 N–H and O–H groups in total. The molecule has 3 rings (SSSR count). The number of carbonyl (C=O) groups is 1. The van der Waals surface area contributed by atoms with Crippen molar-refractivity contribution < 1.29 is 18.7 Å². The molecule has 7 heteroatoms. The zero-order chi connectivity index (χ0) is 17.8. The smallest absolute Gasteiger partial charge is 0.317 e. The standard InChI is InChI=1S/C18H20FN3O3/c1-12-9-13(2)21-18(20-12)25-14-7-8-22(10-14)17(23)11-24-16-6-4-3-5-15(16)19/h3-6,9,14H,7-8,10-11H2,1-2H3/t14-/m1/s1. The third kappa shape index (κ3) is 4.43. The van der Waals surface area contributed by atoms with Crippen molar-refractivity contribution in [2.24, 2.45) is 0 Å². The van der Waals surface area contributed by atoms with Gasteiger partial charge >= 0.3 is 6.01 Å². The number of aryl methyl sites for hydroxylation is 2. The van der Waals surface area contributed by atoms with E-state index in [2.05, 4.69) is 9.97 Å². The number of carbonyl (C=O) groups excluding carboxylic acids is 1. The average molecular weight is 345 g/mol. The third-order valence-corrected chi connectivity index (χ3v) is 3.92. The van der Waals surface area contributed by atoms with Gasteiger partial charge in [-0.05, 0) is 32.0 Å². The number of para-hydroxylation sites is 1. The van der Waals surface area contributed by atoms with E-state index in [1.165, 1.54) is 12.1 Å². The van der Waals surface area contributed by atoms with Crippen LogP contribution in [0.2, 0.25) is 0 Å². The molecule has 0 spiro atoms. The lowest BCUT2D eigenvalue weighted by atomic mass is 10.3. The number of nitrogens with zero attached hydrogens (tertiary/aromatic N) is 3. The Labute approximate surface area is 145 Å². The van der Waals surface area contributed by atoms with Gasteiger partial charge in [-0.1, -0.05) is 12.1 Å². The highest BCUT2D eigenvalue weighted by Gasteiger charge is 2.28. The molecule has 0 aliphatic carbocycles. The maximum Gasteiger partial charge on any atom is 0.317 e. The van der Waals surface area contributed by atoms with E-state index in [4.69, 9.17) is 9.47 Å². The highest BCUT2D eigenvalue weighted by molar-refractivity contribution is 5.78. The molecule has 1 amide bonds. The summed E-state index contributed by atoms with van der Waals surface area (Å²) in [6.07, 6.45) is 0.542. The number of rotatable bonds is 5. The van der Waals surface area contributed by atoms with Crippen molar-refractivity contribution in [3.05, 3.63) is 47.5 Å². The van der Waals surface area contributed by atoms with Crippen LogP contribution < -0.4 is 9.47 Å². The fourth-order valence-corrected chi connectivity index (χ4v) is 2.74. The lowest BCUT2D eigenvalue weighted by Crippen LogP contribution is -2.34. The molecule has 1 fully saturated rings. The van der Waals surface area contributed by atoms with Crippen molar-refractivity contribution in [3.8, 4) is 11.8 Å². The number of benzene rings is 1. The first-order chi connectivity index (χ1) is 12.0. The Balaban J connectivity index is 1.52. The Hall–Kier alpha value is -2.70. The molecule has 2 aromatic rings. The van der Waals surface area contributed by atoms with Crippen LogP contribution in [-0.2, 0) is 4.79 Å². The van der Waals surface area contributed by atoms with Crippen molar-refractivity contribution >= 4 is 5.91 Å². The third-order valence-electron chi connectivity index (χ3n) is 3.92. The summed E-state index contributed by atoms with van der Waals surface area (Å²) >= 11 is 0. The molecular formula is C18H20FN3O3. The van der Waals surface area contributed by atoms with Gasteiger partial charge in [0, 0.05) is 24.4 Å². The first kappa shape index (κ1) is 17.1. The Morgan fingerprint density at radius 2 is 2.00 bits per heavy atom. The number of amides is 1. The zero-order valence-electron chi connectivity index (χ0n) is 14.2. The SMILES string of the molecule is Cc1cc(C)nc(O[C@@H]2CCN(C(=O)COc3ccccc3F)C2)n1. The summed E-state index contributed by atoms with van der Waals surface area (Å²) in [6, 6.07) is 8.23. The van der Waals surface area contributed by atoms with Gasteiger partial charge in [-0.3, -0.25) is 4.79 Å². The quantitative estimate of drug-likeness (QED) is 0.832. The van der Waals surface area contributed by atoms with Gasteiger partial charge in [0.15, 0.2) is 18.2 Å². The van der Waals surface area contributed by atoms with E-state index >= 15 is 0 Å². The first-order valence-electron chi connectivity index (χ1n) is 8.15. The zero-order valence-corrected chi connectivity index (χ0v) is 14.2. The molecule has 1 saturated heterocycles. The summed E-state index contributed by atoms with van der Waals surface area (Å²) in [7, 11) is 0. The normalized spacial score (nSPS) is 16.8. The second kappa shape index (κ2) is 7.46. The van der Waals surface area contributed by atoms with E-state index in [1.54, 1.807) is 17.0 Å². The van der Waals surface area contributed by atoms with E-state index in [9.17, 15) is 9.18 Å². The lowest BCUT2D eigenvalue weighted by Gasteiger charge is -2.17. The van der Waals surface area contributed by atoms with Crippen LogP contribution in [0, 0.1) is 19.7 Å². The second-order valence-electron chi connectivity index (χ2n) is 6.02. The molecule has 0 radical (unpaired) electrons. The van der Waals surface area contributed by atoms with Gasteiger partial charge in [0.2, 0.25) is 0 Å². The van der Waals surface area contributed by atoms with E-state index in [0.717, 1.165) is 11.4 Å². The highest BCUT2D eigenvalue weighted by Crippen LogP contribution is 2.18. The van der Waals surface area contributed by atoms with Crippen molar-refractivity contribution in [2.75, 3.05) is 19.7 Å². The van der Waals surface area contributed by atoms with Crippen LogP contribution in [0.5, 0.6) is 11.8 Å². The summed E-state index contributed by atoms with van der Waals surface area (Å²) < 4.78 is 24.5. The fraction of sp³-hybridized carbons (Fsp3) is 0.389. The number of ether oxygens (including phenoxy) is 2. The number of likely N-dealkylation sites (tertiary alicyclic amines) is 1. The van der Waals surface area contributed by atoms with E-state index in [1.807, 2.05) is 19.9 Å². The Morgan fingerprint density at radius 1 is 1.28 bits per heavy atom. The molecular weight excluding hydrogens is 325 g/mol. The van der Waals surface area contributed by atoms with Crippen LogP contribution in [0.25, 0.3) is 0 Å². The van der Waals surface area contributed by atoms with Crippen LogP contribution in [0.4, 0.5) is 4.39 Å². The van der Waals surface area contributed by atoms with Crippen LogP contribution in [0.15, 0.2) is 30.3 Å². The minimum absolute atomic E-state index is 0.0754. The summed E-state index contributed by atoms with van der Waals surface area (Å²) in [4.78, 5) is 22.4. The van der Waals surface area contributed by atoms with Gasteiger partial charge in [-0.2, -0.15) is 0 Å². The maximum atomic E-state index is 13.5. The van der Waals surface area contributed by atoms with Crippen LogP contribution in [0.1, 0.15) is 17.8 Å². The highest BCUT2D eigenvalue weighted by atomic mass is 19.1. The van der Waals surface area contributed by atoms with Gasteiger partial charge in [0.1, 0.15) is 6.10 Å². The molecule has 1 aliphatic heterocycles. The number of hydrogen-bond donors (Lipinski definition) is 0. The topological polar surface area (TPSA) is 64.5 Å². The van der Waals surface area contributed by atoms with Crippen LogP contribution in [0.3, 0.4) is 0 Å². The summed E-state index contributed by atoms with van der Waals surface area (Å²) in [5.41, 5.74) is 1.68. The number of halogens is 1. The van der Waals surface area contributed by atoms with Gasteiger partial charge in [0.25, 0.3) is 5.91 Å². The molecule has 1 aromatic heterocycles. The predicted molar refractivity (Wildman–Crippen MR) is 89.0 cm³/mol. The van der Waals surface area contributed by atoms with Gasteiger partial charge < -0.3 is 14.4 Å². The molecule has 1 aromatic carbocycles. The van der Waals surface area contributed by atoms with Crippen molar-refractivity contribution in [3.63, 3.8) is 0 Å². The number of aromatic nitrogens is 2. The van der Waals surface area contributed by atoms with Gasteiger partial charge in [-0.25, -0.2) is 14.4 Å².